The van der Waals surface area contributed by atoms with Crippen LogP contribution in [0.25, 0.3) is 0 Å². The fraction of sp³-hybridized carbons (Fsp3) is 0.875. The van der Waals surface area contributed by atoms with Gasteiger partial charge in [0.25, 0.3) is 0 Å². The SMILES string of the molecule is CCN1O[C@H](C(C)=O)C[C@@H]1C. The molecule has 0 aliphatic carbocycles. The molecule has 2 atom stereocenters. The lowest BCUT2D eigenvalue weighted by Gasteiger charge is -2.16. The average Bonchev–Trinajstić information content (AvgIpc) is 2.31. The summed E-state index contributed by atoms with van der Waals surface area (Å²) in [6.07, 6.45) is 0.647. The van der Waals surface area contributed by atoms with Gasteiger partial charge in [-0.05, 0) is 13.8 Å². The van der Waals surface area contributed by atoms with E-state index in [9.17, 15) is 4.79 Å². The van der Waals surface area contributed by atoms with E-state index in [1.165, 1.54) is 0 Å². The first kappa shape index (κ1) is 8.68. The lowest BCUT2D eigenvalue weighted by Crippen LogP contribution is -2.25. The molecule has 1 aliphatic heterocycles. The monoisotopic (exact) mass is 157 g/mol. The van der Waals surface area contributed by atoms with Crippen LogP contribution in [0.1, 0.15) is 27.2 Å². The Balaban J connectivity index is 2.49. The van der Waals surface area contributed by atoms with Crippen molar-refractivity contribution in [3.63, 3.8) is 0 Å². The van der Waals surface area contributed by atoms with Gasteiger partial charge in [0.15, 0.2) is 5.78 Å². The van der Waals surface area contributed by atoms with Crippen LogP contribution in [0, 0.1) is 0 Å². The molecule has 1 heterocycles. The molecule has 64 valence electrons. The number of hydrogen-bond donors (Lipinski definition) is 0. The van der Waals surface area contributed by atoms with Crippen LogP contribution < -0.4 is 0 Å². The minimum absolute atomic E-state index is 0.132. The van der Waals surface area contributed by atoms with Crippen molar-refractivity contribution >= 4 is 5.78 Å². The number of nitrogens with zero attached hydrogens (tertiary/aromatic N) is 1. The van der Waals surface area contributed by atoms with Gasteiger partial charge in [0.05, 0.1) is 0 Å². The Bertz CT molecular complexity index is 158. The molecule has 0 radical (unpaired) electrons. The summed E-state index contributed by atoms with van der Waals surface area (Å²) >= 11 is 0. The van der Waals surface area contributed by atoms with Crippen LogP contribution in [0.5, 0.6) is 0 Å². The van der Waals surface area contributed by atoms with Gasteiger partial charge >= 0.3 is 0 Å². The Hall–Kier alpha value is -0.410. The smallest absolute Gasteiger partial charge is 0.160 e. The maximum atomic E-state index is 10.9. The average molecular weight is 157 g/mol. The fourth-order valence-corrected chi connectivity index (χ4v) is 1.36. The molecule has 0 aromatic rings. The number of carbonyl (C=O) groups excluding carboxylic acids is 1. The first-order chi connectivity index (χ1) is 5.15. The van der Waals surface area contributed by atoms with Crippen molar-refractivity contribution in [2.24, 2.45) is 0 Å². The van der Waals surface area contributed by atoms with Gasteiger partial charge in [-0.2, -0.15) is 5.06 Å². The zero-order valence-corrected chi connectivity index (χ0v) is 7.33. The summed E-state index contributed by atoms with van der Waals surface area (Å²) in [4.78, 5) is 16.3. The molecule has 0 saturated carbocycles. The normalized spacial score (nSPS) is 32.6. The number of ketones is 1. The van der Waals surface area contributed by atoms with Gasteiger partial charge in [-0.15, -0.1) is 0 Å². The predicted octanol–water partition coefficient (Wildman–Crippen LogP) is 0.990. The lowest BCUT2D eigenvalue weighted by atomic mass is 10.1. The minimum atomic E-state index is -0.190. The molecule has 0 aromatic carbocycles. The van der Waals surface area contributed by atoms with E-state index in [-0.39, 0.29) is 11.9 Å². The van der Waals surface area contributed by atoms with Gasteiger partial charge < -0.3 is 0 Å². The van der Waals surface area contributed by atoms with E-state index in [1.807, 2.05) is 12.0 Å². The van der Waals surface area contributed by atoms with E-state index in [4.69, 9.17) is 4.84 Å². The van der Waals surface area contributed by atoms with Crippen molar-refractivity contribution < 1.29 is 9.63 Å². The number of rotatable bonds is 2. The van der Waals surface area contributed by atoms with Gasteiger partial charge in [-0.25, -0.2) is 0 Å². The quantitative estimate of drug-likeness (QED) is 0.598. The largest absolute Gasteiger partial charge is 0.297 e. The fourth-order valence-electron chi connectivity index (χ4n) is 1.36. The maximum Gasteiger partial charge on any atom is 0.160 e. The Morgan fingerprint density at radius 1 is 1.73 bits per heavy atom. The lowest BCUT2D eigenvalue weighted by molar-refractivity contribution is -0.167. The van der Waals surface area contributed by atoms with Crippen LogP contribution in [-0.2, 0) is 9.63 Å². The summed E-state index contributed by atoms with van der Waals surface area (Å²) in [7, 11) is 0. The Morgan fingerprint density at radius 3 is 2.64 bits per heavy atom. The van der Waals surface area contributed by atoms with Gasteiger partial charge in [-0.1, -0.05) is 6.92 Å². The topological polar surface area (TPSA) is 29.5 Å². The summed E-state index contributed by atoms with van der Waals surface area (Å²) in [5, 5.41) is 1.87. The molecule has 11 heavy (non-hydrogen) atoms. The third-order valence-corrected chi connectivity index (χ3v) is 2.07. The third kappa shape index (κ3) is 1.79. The van der Waals surface area contributed by atoms with Gasteiger partial charge in [0.2, 0.25) is 0 Å². The predicted molar refractivity (Wildman–Crippen MR) is 42.0 cm³/mol. The van der Waals surface area contributed by atoms with Crippen LogP contribution in [0.2, 0.25) is 0 Å². The Morgan fingerprint density at radius 2 is 2.36 bits per heavy atom. The van der Waals surface area contributed by atoms with Crippen LogP contribution in [-0.4, -0.2) is 29.5 Å². The second-order valence-corrected chi connectivity index (χ2v) is 3.02. The van der Waals surface area contributed by atoms with E-state index in [1.54, 1.807) is 6.92 Å². The van der Waals surface area contributed by atoms with Crippen LogP contribution >= 0.6 is 0 Å². The van der Waals surface area contributed by atoms with E-state index < -0.39 is 0 Å². The molecule has 0 spiro atoms. The molecular weight excluding hydrogens is 142 g/mol. The molecular formula is C8H15NO2. The second kappa shape index (κ2) is 3.32. The van der Waals surface area contributed by atoms with Gasteiger partial charge in [0.1, 0.15) is 6.10 Å². The first-order valence-corrected chi connectivity index (χ1v) is 4.09. The Labute approximate surface area is 67.3 Å². The molecule has 0 bridgehead atoms. The van der Waals surface area contributed by atoms with E-state index in [0.29, 0.717) is 6.04 Å². The molecule has 1 fully saturated rings. The van der Waals surface area contributed by atoms with Crippen LogP contribution in [0.3, 0.4) is 0 Å². The molecule has 0 amide bonds. The van der Waals surface area contributed by atoms with Crippen molar-refractivity contribution in [3.8, 4) is 0 Å². The van der Waals surface area contributed by atoms with Gasteiger partial charge in [0, 0.05) is 19.0 Å². The number of Topliss-reactive ketones (excluding diaryl/α,β-unsaturated/α-hetero) is 1. The summed E-state index contributed by atoms with van der Waals surface area (Å²) in [6, 6.07) is 0.383. The number of hydrogen-bond acceptors (Lipinski definition) is 3. The van der Waals surface area contributed by atoms with Crippen molar-refractivity contribution in [1.29, 1.82) is 0 Å². The highest BCUT2D eigenvalue weighted by Crippen LogP contribution is 2.20. The second-order valence-electron chi connectivity index (χ2n) is 3.02. The summed E-state index contributed by atoms with van der Waals surface area (Å²) in [5.74, 6) is 0.132. The third-order valence-electron chi connectivity index (χ3n) is 2.07. The van der Waals surface area contributed by atoms with E-state index in [0.717, 1.165) is 13.0 Å². The molecule has 1 saturated heterocycles. The first-order valence-electron chi connectivity index (χ1n) is 4.09. The van der Waals surface area contributed by atoms with Crippen LogP contribution in [0.4, 0.5) is 0 Å². The molecule has 1 aliphatic rings. The summed E-state index contributed by atoms with van der Waals surface area (Å²) < 4.78 is 0. The van der Waals surface area contributed by atoms with Gasteiger partial charge in [-0.3, -0.25) is 9.63 Å². The Kier molecular flexibility index (Phi) is 2.62. The molecule has 3 nitrogen and oxygen atoms in total. The molecule has 0 unspecified atom stereocenters. The molecule has 3 heteroatoms. The molecule has 0 N–H and O–H groups in total. The summed E-state index contributed by atoms with van der Waals surface area (Å²) in [6.45, 7) is 6.53. The van der Waals surface area contributed by atoms with Crippen molar-refractivity contribution in [1.82, 2.24) is 5.06 Å². The zero-order valence-electron chi connectivity index (χ0n) is 7.33. The molecule has 1 rings (SSSR count). The highest BCUT2D eigenvalue weighted by molar-refractivity contribution is 5.80. The number of hydroxylamine groups is 2. The van der Waals surface area contributed by atoms with E-state index >= 15 is 0 Å². The zero-order chi connectivity index (χ0) is 8.43. The highest BCUT2D eigenvalue weighted by Gasteiger charge is 2.31. The molecule has 0 aromatic heterocycles. The van der Waals surface area contributed by atoms with Crippen LogP contribution in [0.15, 0.2) is 0 Å². The van der Waals surface area contributed by atoms with Crippen molar-refractivity contribution in [2.45, 2.75) is 39.3 Å². The highest BCUT2D eigenvalue weighted by atomic mass is 16.7. The maximum absolute atomic E-state index is 10.9. The minimum Gasteiger partial charge on any atom is -0.297 e. The van der Waals surface area contributed by atoms with Crippen molar-refractivity contribution in [3.05, 3.63) is 0 Å². The van der Waals surface area contributed by atoms with Crippen molar-refractivity contribution in [2.75, 3.05) is 6.54 Å². The number of carbonyl (C=O) groups is 1. The van der Waals surface area contributed by atoms with E-state index in [2.05, 4.69) is 6.92 Å². The standard InChI is InChI=1S/C8H15NO2/c1-4-9-6(2)5-8(11-9)7(3)10/h6,8H,4-5H2,1-3H3/t6-,8-/m0/s1. The summed E-state index contributed by atoms with van der Waals surface area (Å²) in [5.41, 5.74) is 0.